The van der Waals surface area contributed by atoms with E-state index in [9.17, 15) is 4.79 Å². The molecule has 0 aliphatic heterocycles. The molecule has 3 aromatic heterocycles. The summed E-state index contributed by atoms with van der Waals surface area (Å²) in [4.78, 5) is 26.6. The Morgan fingerprint density at radius 1 is 1.17 bits per heavy atom. The van der Waals surface area contributed by atoms with Gasteiger partial charge in [0.2, 0.25) is 0 Å². The number of aromatic nitrogens is 3. The third-order valence-corrected chi connectivity index (χ3v) is 9.00. The Hall–Kier alpha value is -2.50. The first-order valence-electron chi connectivity index (χ1n) is 10.2. The summed E-state index contributed by atoms with van der Waals surface area (Å²) in [7, 11) is 1.50. The fourth-order valence-corrected chi connectivity index (χ4v) is 6.81. The minimum absolute atomic E-state index is 0.200. The van der Waals surface area contributed by atoms with Crippen LogP contribution in [0.15, 0.2) is 34.4 Å². The monoisotopic (exact) mass is 607 g/mol. The van der Waals surface area contributed by atoms with Gasteiger partial charge in [-0.3, -0.25) is 4.79 Å². The summed E-state index contributed by atoms with van der Waals surface area (Å²) >= 11 is 19.3. The van der Waals surface area contributed by atoms with E-state index in [0.717, 1.165) is 14.9 Å². The number of thiophene rings is 1. The maximum absolute atomic E-state index is 13.2. The van der Waals surface area contributed by atoms with Gasteiger partial charge in [-0.1, -0.05) is 40.6 Å². The summed E-state index contributed by atoms with van der Waals surface area (Å²) in [6, 6.07) is 6.11. The predicted molar refractivity (Wildman–Crippen MR) is 148 cm³/mol. The van der Waals surface area contributed by atoms with Crippen molar-refractivity contribution in [1.29, 1.82) is 0 Å². The van der Waals surface area contributed by atoms with Gasteiger partial charge in [-0.15, -0.1) is 11.3 Å². The highest BCUT2D eigenvalue weighted by molar-refractivity contribution is 9.10. The molecule has 0 bridgehead atoms. The highest BCUT2D eigenvalue weighted by Crippen LogP contribution is 2.46. The van der Waals surface area contributed by atoms with Crippen molar-refractivity contribution in [2.75, 3.05) is 17.7 Å². The molecule has 7 nitrogen and oxygen atoms in total. The molecule has 5 rings (SSSR count). The van der Waals surface area contributed by atoms with Crippen LogP contribution in [0.1, 0.15) is 21.5 Å². The molecular weight excluding hydrogens is 593 g/mol. The number of thiazole rings is 1. The Morgan fingerprint density at radius 2 is 1.97 bits per heavy atom. The van der Waals surface area contributed by atoms with Crippen LogP contribution >= 0.6 is 61.8 Å². The lowest BCUT2D eigenvalue weighted by molar-refractivity contribution is 0.102. The highest BCUT2D eigenvalue weighted by atomic mass is 79.9. The topological polar surface area (TPSA) is 89.0 Å². The molecular formula is C23H16BrCl2N5O2S2. The van der Waals surface area contributed by atoms with E-state index in [1.165, 1.54) is 41.7 Å². The van der Waals surface area contributed by atoms with E-state index >= 15 is 0 Å². The van der Waals surface area contributed by atoms with E-state index in [0.29, 0.717) is 42.8 Å². The highest BCUT2D eigenvalue weighted by Gasteiger charge is 2.23. The van der Waals surface area contributed by atoms with Crippen LogP contribution in [0.5, 0.6) is 5.75 Å². The number of fused-ring (bicyclic) bond motifs is 2. The summed E-state index contributed by atoms with van der Waals surface area (Å²) in [6.45, 7) is 3.85. The van der Waals surface area contributed by atoms with Crippen molar-refractivity contribution in [1.82, 2.24) is 15.0 Å². The van der Waals surface area contributed by atoms with E-state index in [-0.39, 0.29) is 10.7 Å². The average molecular weight is 609 g/mol. The molecule has 5 aromatic rings. The van der Waals surface area contributed by atoms with Crippen LogP contribution < -0.4 is 15.4 Å². The third kappa shape index (κ3) is 4.34. The van der Waals surface area contributed by atoms with Gasteiger partial charge in [0.25, 0.3) is 5.91 Å². The molecule has 3 heterocycles. The second-order valence-corrected chi connectivity index (χ2v) is 11.1. The second kappa shape index (κ2) is 9.51. The zero-order valence-corrected chi connectivity index (χ0v) is 23.2. The van der Waals surface area contributed by atoms with Crippen molar-refractivity contribution in [2.24, 2.45) is 0 Å². The smallest absolute Gasteiger partial charge is 0.258 e. The number of rotatable bonds is 5. The minimum atomic E-state index is -0.399. The van der Waals surface area contributed by atoms with Gasteiger partial charge in [-0.05, 0) is 53.0 Å². The van der Waals surface area contributed by atoms with E-state index < -0.39 is 5.91 Å². The Morgan fingerprint density at radius 3 is 2.74 bits per heavy atom. The van der Waals surface area contributed by atoms with Gasteiger partial charge < -0.3 is 15.4 Å². The Labute approximate surface area is 226 Å². The number of nitrogens with one attached hydrogen (secondary N) is 2. The van der Waals surface area contributed by atoms with Crippen molar-refractivity contribution in [3.63, 3.8) is 0 Å². The summed E-state index contributed by atoms with van der Waals surface area (Å²) < 4.78 is 7.81. The first-order chi connectivity index (χ1) is 16.8. The van der Waals surface area contributed by atoms with Gasteiger partial charge in [0.1, 0.15) is 11.3 Å². The number of aryl methyl sites for hydroxylation is 1. The van der Waals surface area contributed by atoms with Crippen LogP contribution in [-0.4, -0.2) is 28.0 Å². The lowest BCUT2D eigenvalue weighted by Crippen LogP contribution is -2.13. The molecule has 1 amide bonds. The van der Waals surface area contributed by atoms with Crippen molar-refractivity contribution >= 4 is 105 Å². The molecule has 0 atom stereocenters. The minimum Gasteiger partial charge on any atom is -0.494 e. The van der Waals surface area contributed by atoms with Crippen LogP contribution in [0.2, 0.25) is 10.0 Å². The standard InChI is InChI=1S/C23H16BrCl2N5O2S2/c1-9-4-5-12-13(6-9)35-23(29-12)31-21-20-17(27-8-28-21)11(7-34-20)22(32)30-18-15(25)10(2)14(24)19(33-3)16(18)26/h4-8H,1-3H3,(H,30,32)(H,27,28,29,31). The molecule has 0 unspecified atom stereocenters. The number of amides is 1. The zero-order valence-electron chi connectivity index (χ0n) is 18.5. The number of hydrogen-bond donors (Lipinski definition) is 2. The zero-order chi connectivity index (χ0) is 24.9. The fourth-order valence-electron chi connectivity index (χ4n) is 3.52. The fraction of sp³-hybridized carbons (Fsp3) is 0.130. The molecule has 2 N–H and O–H groups in total. The second-order valence-electron chi connectivity index (χ2n) is 7.59. The van der Waals surface area contributed by atoms with E-state index in [4.69, 9.17) is 27.9 Å². The van der Waals surface area contributed by atoms with Crippen LogP contribution in [0.4, 0.5) is 16.6 Å². The van der Waals surface area contributed by atoms with Crippen LogP contribution in [0.25, 0.3) is 20.4 Å². The SMILES string of the molecule is COc1c(Cl)c(NC(=O)c2csc3c(Nc4nc5ccc(C)cc5s4)ncnc23)c(Cl)c(C)c1Br. The van der Waals surface area contributed by atoms with Crippen molar-refractivity contribution < 1.29 is 9.53 Å². The number of carbonyl (C=O) groups excluding carboxylic acids is 1. The first-order valence-corrected chi connectivity index (χ1v) is 13.4. The van der Waals surface area contributed by atoms with Crippen LogP contribution in [-0.2, 0) is 0 Å². The molecule has 0 radical (unpaired) electrons. The Bertz CT molecular complexity index is 1640. The quantitative estimate of drug-likeness (QED) is 0.210. The Kier molecular flexibility index (Phi) is 6.58. The molecule has 0 spiro atoms. The number of benzene rings is 2. The number of halogens is 3. The summed E-state index contributed by atoms with van der Waals surface area (Å²) in [5, 5.41) is 9.05. The molecule has 0 aliphatic carbocycles. The maximum atomic E-state index is 13.2. The summed E-state index contributed by atoms with van der Waals surface area (Å²) in [5.41, 5.74) is 3.93. The van der Waals surface area contributed by atoms with Crippen molar-refractivity contribution in [3.8, 4) is 5.75 Å². The maximum Gasteiger partial charge on any atom is 0.258 e. The molecule has 0 aliphatic rings. The third-order valence-electron chi connectivity index (χ3n) is 5.31. The number of nitrogens with zero attached hydrogens (tertiary/aromatic N) is 3. The number of carbonyl (C=O) groups is 1. The lowest BCUT2D eigenvalue weighted by atomic mass is 10.2. The Balaban J connectivity index is 1.48. The number of anilines is 3. The first kappa shape index (κ1) is 24.2. The van der Waals surface area contributed by atoms with Crippen LogP contribution in [0.3, 0.4) is 0 Å². The number of hydrogen-bond acceptors (Lipinski definition) is 8. The normalized spacial score (nSPS) is 11.3. The van der Waals surface area contributed by atoms with E-state index in [1.807, 2.05) is 19.1 Å². The summed E-state index contributed by atoms with van der Waals surface area (Å²) in [6.07, 6.45) is 1.42. The largest absolute Gasteiger partial charge is 0.494 e. The van der Waals surface area contributed by atoms with Gasteiger partial charge in [0, 0.05) is 5.38 Å². The number of methoxy groups -OCH3 is 1. The molecule has 0 saturated heterocycles. The molecule has 35 heavy (non-hydrogen) atoms. The van der Waals surface area contributed by atoms with Gasteiger partial charge in [0.15, 0.2) is 16.7 Å². The predicted octanol–water partition coefficient (Wildman–Crippen LogP) is 7.99. The molecule has 0 fully saturated rings. The molecule has 0 saturated carbocycles. The van der Waals surface area contributed by atoms with Crippen molar-refractivity contribution in [3.05, 3.63) is 61.1 Å². The molecule has 2 aromatic carbocycles. The molecule has 178 valence electrons. The van der Waals surface area contributed by atoms with Crippen molar-refractivity contribution in [2.45, 2.75) is 13.8 Å². The average Bonchev–Trinajstić information content (AvgIpc) is 3.45. The summed E-state index contributed by atoms with van der Waals surface area (Å²) in [5.74, 6) is 0.565. The van der Waals surface area contributed by atoms with E-state index in [2.05, 4.69) is 47.6 Å². The molecule has 12 heteroatoms. The van der Waals surface area contributed by atoms with Gasteiger partial charge in [0.05, 0.1) is 48.3 Å². The van der Waals surface area contributed by atoms with Gasteiger partial charge >= 0.3 is 0 Å². The van der Waals surface area contributed by atoms with Crippen LogP contribution in [0, 0.1) is 13.8 Å². The van der Waals surface area contributed by atoms with Gasteiger partial charge in [-0.2, -0.15) is 0 Å². The number of ether oxygens (including phenoxy) is 1. The van der Waals surface area contributed by atoms with E-state index in [1.54, 1.807) is 12.3 Å². The van der Waals surface area contributed by atoms with Gasteiger partial charge in [-0.25, -0.2) is 15.0 Å². The lowest BCUT2D eigenvalue weighted by Gasteiger charge is -2.16.